The zero-order valence-electron chi connectivity index (χ0n) is 8.29. The molecule has 0 bridgehead atoms. The Morgan fingerprint density at radius 2 is 2.33 bits per heavy atom. The number of hydrogen-bond donors (Lipinski definition) is 1. The van der Waals surface area contributed by atoms with Crippen LogP contribution >= 0.6 is 11.6 Å². The van der Waals surface area contributed by atoms with Gasteiger partial charge in [0.25, 0.3) is 0 Å². The molecule has 3 nitrogen and oxygen atoms in total. The van der Waals surface area contributed by atoms with Crippen LogP contribution in [0.1, 0.15) is 11.1 Å². The quantitative estimate of drug-likeness (QED) is 0.799. The summed E-state index contributed by atoms with van der Waals surface area (Å²) in [4.78, 5) is 10.8. The van der Waals surface area contributed by atoms with Crippen molar-refractivity contribution in [1.82, 2.24) is 0 Å². The molecule has 0 radical (unpaired) electrons. The summed E-state index contributed by atoms with van der Waals surface area (Å²) in [5.74, 6) is -0.645. The van der Waals surface area contributed by atoms with Gasteiger partial charge < -0.3 is 9.84 Å². The summed E-state index contributed by atoms with van der Waals surface area (Å²) in [6.07, 6.45) is 0.492. The molecule has 0 saturated carbocycles. The highest BCUT2D eigenvalue weighted by atomic mass is 35.5. The zero-order chi connectivity index (χ0) is 11.0. The molecule has 0 unspecified atom stereocenters. The molecule has 0 aliphatic carbocycles. The number of hydrogen-bond acceptors (Lipinski definition) is 2. The molecule has 2 rings (SSSR count). The van der Waals surface area contributed by atoms with Crippen molar-refractivity contribution in [2.45, 2.75) is 13.3 Å². The molecule has 0 aromatic heterocycles. The Morgan fingerprint density at radius 3 is 3.00 bits per heavy atom. The van der Waals surface area contributed by atoms with Gasteiger partial charge in [0, 0.05) is 0 Å². The van der Waals surface area contributed by atoms with Crippen LogP contribution in [0, 0.1) is 12.8 Å². The zero-order valence-corrected chi connectivity index (χ0v) is 9.04. The lowest BCUT2D eigenvalue weighted by Gasteiger charge is -2.23. The van der Waals surface area contributed by atoms with Crippen LogP contribution in [0.25, 0.3) is 0 Å². The molecule has 0 saturated heterocycles. The fourth-order valence-electron chi connectivity index (χ4n) is 1.78. The molecule has 1 aromatic carbocycles. The smallest absolute Gasteiger partial charge is 0.310 e. The first-order valence-corrected chi connectivity index (χ1v) is 5.10. The topological polar surface area (TPSA) is 46.5 Å². The van der Waals surface area contributed by atoms with Crippen molar-refractivity contribution in [3.05, 3.63) is 28.3 Å². The Hall–Kier alpha value is -1.22. The van der Waals surface area contributed by atoms with Gasteiger partial charge in [-0.25, -0.2) is 0 Å². The number of carboxylic acids is 1. The molecule has 4 heteroatoms. The number of aryl methyl sites for hydroxylation is 1. The van der Waals surface area contributed by atoms with Crippen LogP contribution in [-0.2, 0) is 11.2 Å². The lowest BCUT2D eigenvalue weighted by atomic mass is 9.96. The number of carbonyl (C=O) groups is 1. The molecule has 80 valence electrons. The Labute approximate surface area is 92.6 Å². The third kappa shape index (κ3) is 1.92. The van der Waals surface area contributed by atoms with Crippen LogP contribution in [0.15, 0.2) is 12.1 Å². The number of aliphatic carboxylic acids is 1. The van der Waals surface area contributed by atoms with Crippen LogP contribution in [-0.4, -0.2) is 17.7 Å². The average Bonchev–Trinajstić information content (AvgIpc) is 2.16. The summed E-state index contributed by atoms with van der Waals surface area (Å²) >= 11 is 6.00. The minimum absolute atomic E-state index is 0.200. The van der Waals surface area contributed by atoms with E-state index in [4.69, 9.17) is 21.4 Å². The minimum atomic E-state index is -0.821. The third-order valence-corrected chi connectivity index (χ3v) is 2.79. The Balaban J connectivity index is 2.37. The van der Waals surface area contributed by atoms with E-state index < -0.39 is 11.9 Å². The second-order valence-corrected chi connectivity index (χ2v) is 4.19. The number of benzene rings is 1. The highest BCUT2D eigenvalue weighted by Crippen LogP contribution is 2.35. The van der Waals surface area contributed by atoms with Crippen molar-refractivity contribution < 1.29 is 14.6 Å². The van der Waals surface area contributed by atoms with Crippen LogP contribution in [0.4, 0.5) is 0 Å². The van der Waals surface area contributed by atoms with Gasteiger partial charge in [0.1, 0.15) is 12.4 Å². The van der Waals surface area contributed by atoms with Crippen molar-refractivity contribution >= 4 is 17.6 Å². The number of fused-ring (bicyclic) bond motifs is 1. The van der Waals surface area contributed by atoms with Gasteiger partial charge in [-0.1, -0.05) is 17.7 Å². The van der Waals surface area contributed by atoms with Crippen LogP contribution in [0.5, 0.6) is 5.75 Å². The molecule has 0 amide bonds. The lowest BCUT2D eigenvalue weighted by Crippen LogP contribution is -2.28. The van der Waals surface area contributed by atoms with Crippen molar-refractivity contribution in [1.29, 1.82) is 0 Å². The van der Waals surface area contributed by atoms with E-state index in [2.05, 4.69) is 0 Å². The lowest BCUT2D eigenvalue weighted by molar-refractivity contribution is -0.143. The van der Waals surface area contributed by atoms with Gasteiger partial charge in [-0.05, 0) is 30.5 Å². The van der Waals surface area contributed by atoms with Gasteiger partial charge in [-0.2, -0.15) is 0 Å². The number of carboxylic acid groups (broad SMARTS) is 1. The molecule has 0 fully saturated rings. The first-order valence-electron chi connectivity index (χ1n) is 4.72. The predicted molar refractivity (Wildman–Crippen MR) is 56.5 cm³/mol. The maximum absolute atomic E-state index is 10.8. The Bertz CT molecular complexity index is 415. The van der Waals surface area contributed by atoms with Gasteiger partial charge in [0.15, 0.2) is 0 Å². The van der Waals surface area contributed by atoms with Crippen molar-refractivity contribution in [3.63, 3.8) is 0 Å². The SMILES string of the molecule is Cc1cc(Cl)c2c(c1)C[C@H](C(=O)O)CO2. The van der Waals surface area contributed by atoms with Crippen LogP contribution in [0.3, 0.4) is 0 Å². The molecule has 1 aliphatic heterocycles. The van der Waals surface area contributed by atoms with Gasteiger partial charge >= 0.3 is 5.97 Å². The molecule has 1 aromatic rings. The summed E-state index contributed by atoms with van der Waals surface area (Å²) in [5.41, 5.74) is 1.91. The fourth-order valence-corrected chi connectivity index (χ4v) is 2.13. The van der Waals surface area contributed by atoms with Crippen molar-refractivity contribution in [2.75, 3.05) is 6.61 Å². The molecular weight excluding hydrogens is 216 g/mol. The van der Waals surface area contributed by atoms with Crippen LogP contribution < -0.4 is 4.74 Å². The predicted octanol–water partition coefficient (Wildman–Crippen LogP) is 2.28. The van der Waals surface area contributed by atoms with Gasteiger partial charge in [0.2, 0.25) is 0 Å². The first kappa shape index (κ1) is 10.3. The standard InChI is InChI=1S/C11H11ClO3/c1-6-2-7-4-8(11(13)14)5-15-10(7)9(12)3-6/h2-3,8H,4-5H2,1H3,(H,13,14)/t8-/m0/s1. The molecule has 15 heavy (non-hydrogen) atoms. The van der Waals surface area contributed by atoms with E-state index in [9.17, 15) is 4.79 Å². The van der Waals surface area contributed by atoms with E-state index in [1.807, 2.05) is 19.1 Å². The summed E-state index contributed by atoms with van der Waals surface area (Å²) in [6.45, 7) is 2.13. The Kier molecular flexibility index (Phi) is 2.57. The maximum Gasteiger partial charge on any atom is 0.310 e. The maximum atomic E-state index is 10.8. The van der Waals surface area contributed by atoms with Crippen molar-refractivity contribution in [2.24, 2.45) is 5.92 Å². The van der Waals surface area contributed by atoms with Gasteiger partial charge in [-0.3, -0.25) is 4.79 Å². The third-order valence-electron chi connectivity index (χ3n) is 2.51. The highest BCUT2D eigenvalue weighted by molar-refractivity contribution is 6.32. The van der Waals surface area contributed by atoms with Crippen LogP contribution in [0.2, 0.25) is 5.02 Å². The average molecular weight is 227 g/mol. The molecule has 1 atom stereocenters. The molecule has 1 N–H and O–H groups in total. The Morgan fingerprint density at radius 1 is 1.60 bits per heavy atom. The number of ether oxygens (including phenoxy) is 1. The molecule has 1 heterocycles. The summed E-state index contributed by atoms with van der Waals surface area (Å²) in [5, 5.41) is 9.45. The van der Waals surface area contributed by atoms with E-state index in [1.54, 1.807) is 0 Å². The van der Waals surface area contributed by atoms with Crippen molar-refractivity contribution in [3.8, 4) is 5.75 Å². The summed E-state index contributed by atoms with van der Waals surface area (Å²) < 4.78 is 5.37. The first-order chi connectivity index (χ1) is 7.08. The number of halogens is 1. The summed E-state index contributed by atoms with van der Waals surface area (Å²) in [6, 6.07) is 3.75. The van der Waals surface area contributed by atoms with E-state index in [-0.39, 0.29) is 6.61 Å². The second kappa shape index (κ2) is 3.74. The van der Waals surface area contributed by atoms with Gasteiger partial charge in [-0.15, -0.1) is 0 Å². The minimum Gasteiger partial charge on any atom is -0.491 e. The van der Waals surface area contributed by atoms with E-state index in [1.165, 1.54) is 0 Å². The normalized spacial score (nSPS) is 19.2. The highest BCUT2D eigenvalue weighted by Gasteiger charge is 2.26. The number of rotatable bonds is 1. The van der Waals surface area contributed by atoms with Gasteiger partial charge in [0.05, 0.1) is 10.9 Å². The molecule has 1 aliphatic rings. The monoisotopic (exact) mass is 226 g/mol. The molecule has 0 spiro atoms. The summed E-state index contributed by atoms with van der Waals surface area (Å²) in [7, 11) is 0. The van der Waals surface area contributed by atoms with E-state index in [0.29, 0.717) is 17.2 Å². The second-order valence-electron chi connectivity index (χ2n) is 3.79. The van der Waals surface area contributed by atoms with E-state index >= 15 is 0 Å². The van der Waals surface area contributed by atoms with E-state index in [0.717, 1.165) is 11.1 Å². The molecular formula is C11H11ClO3. The fraction of sp³-hybridized carbons (Fsp3) is 0.364. The largest absolute Gasteiger partial charge is 0.491 e.